The molecule has 0 radical (unpaired) electrons. The highest BCUT2D eigenvalue weighted by atomic mass is 32.2. The molecule has 0 bridgehead atoms. The summed E-state index contributed by atoms with van der Waals surface area (Å²) in [6.45, 7) is 5.95. The number of methoxy groups -OCH3 is 1. The molecule has 1 unspecified atom stereocenters. The smallest absolute Gasteiger partial charge is 0.252 e. The summed E-state index contributed by atoms with van der Waals surface area (Å²) in [7, 11) is -1.87. The molecular weight excluding hydrogens is 372 g/mol. The van der Waals surface area contributed by atoms with E-state index >= 15 is 0 Å². The summed E-state index contributed by atoms with van der Waals surface area (Å²) in [4.78, 5) is 15.1. The Bertz CT molecular complexity index is 657. The molecule has 6 nitrogen and oxygen atoms in total. The Hall–Kier alpha value is -0.960. The first-order chi connectivity index (χ1) is 12.5. The molecule has 8 heteroatoms. The molecule has 0 saturated carbocycles. The number of piperidine rings is 1. The maximum Gasteiger partial charge on any atom is 0.252 e. The fraction of sp³-hybridized carbons (Fsp3) is 0.722. The zero-order valence-electron chi connectivity index (χ0n) is 15.9. The molecule has 2 rings (SSSR count). The number of carbonyl (C=O) groups is 1. The first kappa shape index (κ1) is 21.3. The van der Waals surface area contributed by atoms with Gasteiger partial charge in [0.05, 0.1) is 12.5 Å². The van der Waals surface area contributed by atoms with Gasteiger partial charge in [-0.05, 0) is 37.1 Å². The lowest BCUT2D eigenvalue weighted by Crippen LogP contribution is -2.50. The van der Waals surface area contributed by atoms with Gasteiger partial charge in [-0.25, -0.2) is 8.42 Å². The van der Waals surface area contributed by atoms with Crippen molar-refractivity contribution in [2.24, 2.45) is 5.92 Å². The number of amides is 1. The van der Waals surface area contributed by atoms with Crippen LogP contribution in [0.5, 0.6) is 0 Å². The average molecular weight is 403 g/mol. The maximum atomic E-state index is 13.2. The van der Waals surface area contributed by atoms with Gasteiger partial charge in [-0.1, -0.05) is 19.9 Å². The van der Waals surface area contributed by atoms with Gasteiger partial charge >= 0.3 is 0 Å². The minimum atomic E-state index is -3.50. The summed E-state index contributed by atoms with van der Waals surface area (Å²) >= 11 is 1.22. The molecule has 1 aliphatic rings. The molecular formula is C18H30N2O4S2. The van der Waals surface area contributed by atoms with Crippen LogP contribution in [0.4, 0.5) is 0 Å². The van der Waals surface area contributed by atoms with E-state index in [2.05, 4.69) is 13.8 Å². The second-order valence-corrected chi connectivity index (χ2v) is 9.74. The highest BCUT2D eigenvalue weighted by Gasteiger charge is 2.36. The molecule has 0 aromatic carbocycles. The van der Waals surface area contributed by atoms with E-state index in [4.69, 9.17) is 4.74 Å². The first-order valence-corrected chi connectivity index (χ1v) is 11.6. The number of ether oxygens (including phenoxy) is 1. The van der Waals surface area contributed by atoms with Crippen LogP contribution in [0.1, 0.15) is 39.5 Å². The molecule has 1 fully saturated rings. The fourth-order valence-corrected chi connectivity index (χ4v) is 6.19. The first-order valence-electron chi connectivity index (χ1n) is 9.28. The normalized spacial score (nSPS) is 19.0. The summed E-state index contributed by atoms with van der Waals surface area (Å²) in [5.41, 5.74) is 0. The van der Waals surface area contributed by atoms with Crippen LogP contribution in [-0.2, 0) is 19.6 Å². The van der Waals surface area contributed by atoms with E-state index in [0.29, 0.717) is 30.3 Å². The van der Waals surface area contributed by atoms with Crippen molar-refractivity contribution in [3.8, 4) is 0 Å². The van der Waals surface area contributed by atoms with Gasteiger partial charge in [0.15, 0.2) is 0 Å². The zero-order chi connectivity index (χ0) is 19.2. The van der Waals surface area contributed by atoms with Crippen molar-refractivity contribution in [1.82, 2.24) is 9.21 Å². The molecule has 148 valence electrons. The molecule has 26 heavy (non-hydrogen) atoms. The molecule has 1 saturated heterocycles. The van der Waals surface area contributed by atoms with E-state index < -0.39 is 10.0 Å². The van der Waals surface area contributed by atoms with E-state index in [9.17, 15) is 13.2 Å². The lowest BCUT2D eigenvalue weighted by atomic mass is 9.96. The van der Waals surface area contributed by atoms with Gasteiger partial charge in [0.25, 0.3) is 10.0 Å². The predicted octanol–water partition coefficient (Wildman–Crippen LogP) is 2.81. The number of hydrogen-bond acceptors (Lipinski definition) is 5. The molecule has 1 aliphatic heterocycles. The van der Waals surface area contributed by atoms with Crippen LogP contribution in [-0.4, -0.2) is 62.9 Å². The minimum Gasteiger partial charge on any atom is -0.383 e. The molecule has 0 spiro atoms. The topological polar surface area (TPSA) is 66.9 Å². The monoisotopic (exact) mass is 402 g/mol. The Kier molecular flexibility index (Phi) is 8.06. The quantitative estimate of drug-likeness (QED) is 0.637. The van der Waals surface area contributed by atoms with Crippen molar-refractivity contribution in [1.29, 1.82) is 0 Å². The van der Waals surface area contributed by atoms with E-state index in [1.807, 2.05) is 4.90 Å². The van der Waals surface area contributed by atoms with Crippen LogP contribution in [0.2, 0.25) is 0 Å². The minimum absolute atomic E-state index is 0.0572. The second-order valence-electron chi connectivity index (χ2n) is 6.63. The highest BCUT2D eigenvalue weighted by Crippen LogP contribution is 2.28. The molecule has 0 N–H and O–H groups in total. The van der Waals surface area contributed by atoms with Gasteiger partial charge in [0.1, 0.15) is 4.21 Å². The summed E-state index contributed by atoms with van der Waals surface area (Å²) in [5.74, 6) is -0.224. The molecule has 1 amide bonds. The summed E-state index contributed by atoms with van der Waals surface area (Å²) in [6.07, 6.45) is 3.22. The highest BCUT2D eigenvalue weighted by molar-refractivity contribution is 7.91. The van der Waals surface area contributed by atoms with E-state index in [1.165, 1.54) is 15.6 Å². The Labute approximate surface area is 161 Å². The number of hydrogen-bond donors (Lipinski definition) is 0. The number of carbonyl (C=O) groups excluding carboxylic acids is 1. The van der Waals surface area contributed by atoms with Crippen LogP contribution in [0.25, 0.3) is 0 Å². The van der Waals surface area contributed by atoms with Crippen molar-refractivity contribution in [3.63, 3.8) is 0 Å². The van der Waals surface area contributed by atoms with Crippen LogP contribution >= 0.6 is 11.3 Å². The molecule has 0 aliphatic carbocycles. The largest absolute Gasteiger partial charge is 0.383 e. The van der Waals surface area contributed by atoms with Crippen LogP contribution < -0.4 is 0 Å². The van der Waals surface area contributed by atoms with E-state index in [1.54, 1.807) is 24.6 Å². The SMILES string of the molecule is CCC(CC)N(CCOC)C(=O)C1CCCN(S(=O)(=O)c2cccs2)C1. The third-order valence-electron chi connectivity index (χ3n) is 5.03. The lowest BCUT2D eigenvalue weighted by Gasteiger charge is -2.37. The average Bonchev–Trinajstić information content (AvgIpc) is 3.20. The van der Waals surface area contributed by atoms with Crippen molar-refractivity contribution >= 4 is 27.3 Å². The van der Waals surface area contributed by atoms with E-state index in [0.717, 1.165) is 19.3 Å². The third kappa shape index (κ3) is 4.85. The second kappa shape index (κ2) is 9.82. The predicted molar refractivity (Wildman–Crippen MR) is 104 cm³/mol. The number of thiophene rings is 1. The van der Waals surface area contributed by atoms with Crippen molar-refractivity contribution in [2.75, 3.05) is 33.4 Å². The van der Waals surface area contributed by atoms with Crippen LogP contribution in [0, 0.1) is 5.92 Å². The Morgan fingerprint density at radius 2 is 2.15 bits per heavy atom. The third-order valence-corrected chi connectivity index (χ3v) is 8.26. The summed E-state index contributed by atoms with van der Waals surface area (Å²) in [5, 5.41) is 1.76. The summed E-state index contributed by atoms with van der Waals surface area (Å²) < 4.78 is 32.6. The number of rotatable bonds is 9. The van der Waals surface area contributed by atoms with Gasteiger partial charge < -0.3 is 9.64 Å². The van der Waals surface area contributed by atoms with E-state index in [-0.39, 0.29) is 24.4 Å². The zero-order valence-corrected chi connectivity index (χ0v) is 17.5. The molecule has 1 aromatic heterocycles. The van der Waals surface area contributed by atoms with Gasteiger partial charge in [-0.3, -0.25) is 4.79 Å². The van der Waals surface area contributed by atoms with Gasteiger partial charge in [-0.2, -0.15) is 4.31 Å². The maximum absolute atomic E-state index is 13.2. The van der Waals surface area contributed by atoms with Gasteiger partial charge in [-0.15, -0.1) is 11.3 Å². The molecule has 1 aromatic rings. The Morgan fingerprint density at radius 1 is 1.42 bits per heavy atom. The fourth-order valence-electron chi connectivity index (χ4n) is 3.53. The van der Waals surface area contributed by atoms with Crippen molar-refractivity contribution in [3.05, 3.63) is 17.5 Å². The van der Waals surface area contributed by atoms with Crippen molar-refractivity contribution in [2.45, 2.75) is 49.8 Å². The number of nitrogens with zero attached hydrogens (tertiary/aromatic N) is 2. The van der Waals surface area contributed by atoms with Crippen LogP contribution in [0.15, 0.2) is 21.7 Å². The van der Waals surface area contributed by atoms with Gasteiger partial charge in [0, 0.05) is 32.8 Å². The Balaban J connectivity index is 2.14. The summed E-state index contributed by atoms with van der Waals surface area (Å²) in [6, 6.07) is 3.53. The van der Waals surface area contributed by atoms with Crippen molar-refractivity contribution < 1.29 is 17.9 Å². The lowest BCUT2D eigenvalue weighted by molar-refractivity contribution is -0.140. The van der Waals surface area contributed by atoms with Crippen LogP contribution in [0.3, 0.4) is 0 Å². The molecule has 2 heterocycles. The standard InChI is InChI=1S/C18H30N2O4S2/c1-4-16(5-2)20(11-12-24-3)18(21)15-8-6-10-19(14-15)26(22,23)17-9-7-13-25-17/h7,9,13,15-16H,4-6,8,10-12,14H2,1-3H3. The number of sulfonamides is 1. The molecule has 1 atom stereocenters. The Morgan fingerprint density at radius 3 is 2.73 bits per heavy atom. The van der Waals surface area contributed by atoms with Gasteiger partial charge in [0.2, 0.25) is 5.91 Å².